The summed E-state index contributed by atoms with van der Waals surface area (Å²) in [6.07, 6.45) is -12.2. The van der Waals surface area contributed by atoms with Crippen molar-refractivity contribution in [1.29, 1.82) is 0 Å². The first-order valence-corrected chi connectivity index (χ1v) is 5.32. The third-order valence-corrected chi connectivity index (χ3v) is 2.23. The molecule has 4 atom stereocenters. The Morgan fingerprint density at radius 1 is 1.00 bits per heavy atom. The fourth-order valence-corrected chi connectivity index (χ4v) is 1.34. The standard InChI is InChI=1S/C6H9F5O3S.Na/c7-1-3(8)5(10)6(11)4(9)2-15(12,13)14;/h3-6H,1-2H2,(H,12,13,14);/q;+1/p-1. The number of hydrogen-bond acceptors (Lipinski definition) is 3. The molecule has 0 aliphatic rings. The minimum absolute atomic E-state index is 0. The van der Waals surface area contributed by atoms with Gasteiger partial charge in [0.05, 0.1) is 15.9 Å². The molecule has 0 aromatic carbocycles. The van der Waals surface area contributed by atoms with Crippen molar-refractivity contribution in [3.63, 3.8) is 0 Å². The molecule has 0 radical (unpaired) electrons. The topological polar surface area (TPSA) is 57.2 Å². The van der Waals surface area contributed by atoms with Crippen LogP contribution in [0.1, 0.15) is 0 Å². The van der Waals surface area contributed by atoms with Crippen molar-refractivity contribution in [2.24, 2.45) is 0 Å². The van der Waals surface area contributed by atoms with E-state index in [0.29, 0.717) is 0 Å². The fraction of sp³-hybridized carbons (Fsp3) is 1.00. The number of rotatable bonds is 6. The maximum Gasteiger partial charge on any atom is 1.00 e. The van der Waals surface area contributed by atoms with Crippen LogP contribution in [0.15, 0.2) is 0 Å². The van der Waals surface area contributed by atoms with Gasteiger partial charge in [0.2, 0.25) is 0 Å². The first-order chi connectivity index (χ1) is 6.69. The van der Waals surface area contributed by atoms with Crippen LogP contribution in [0.2, 0.25) is 0 Å². The Bertz CT molecular complexity index is 288. The second-order valence-corrected chi connectivity index (χ2v) is 4.25. The van der Waals surface area contributed by atoms with E-state index in [1.165, 1.54) is 0 Å². The minimum atomic E-state index is -5.08. The van der Waals surface area contributed by atoms with Crippen molar-refractivity contribution in [2.45, 2.75) is 24.7 Å². The Hall–Kier alpha value is 0.560. The Labute approximate surface area is 111 Å². The van der Waals surface area contributed by atoms with Gasteiger partial charge in [-0.25, -0.2) is 30.4 Å². The van der Waals surface area contributed by atoms with Gasteiger partial charge in [0.25, 0.3) is 0 Å². The van der Waals surface area contributed by atoms with Crippen molar-refractivity contribution in [1.82, 2.24) is 0 Å². The van der Waals surface area contributed by atoms with Crippen LogP contribution in [0.4, 0.5) is 22.0 Å². The van der Waals surface area contributed by atoms with Gasteiger partial charge in [0, 0.05) is 0 Å². The quantitative estimate of drug-likeness (QED) is 0.316. The van der Waals surface area contributed by atoms with Crippen LogP contribution in [-0.4, -0.2) is 50.1 Å². The second-order valence-electron chi connectivity index (χ2n) is 2.80. The van der Waals surface area contributed by atoms with E-state index in [4.69, 9.17) is 0 Å². The minimum Gasteiger partial charge on any atom is -0.748 e. The van der Waals surface area contributed by atoms with Gasteiger partial charge in [0.15, 0.2) is 18.5 Å². The van der Waals surface area contributed by atoms with E-state index < -0.39 is 47.2 Å². The van der Waals surface area contributed by atoms with Gasteiger partial charge >= 0.3 is 29.6 Å². The van der Waals surface area contributed by atoms with E-state index in [9.17, 15) is 34.9 Å². The van der Waals surface area contributed by atoms with Gasteiger partial charge in [-0.1, -0.05) is 0 Å². The van der Waals surface area contributed by atoms with Crippen LogP contribution in [-0.2, 0) is 10.1 Å². The summed E-state index contributed by atoms with van der Waals surface area (Å²) in [7, 11) is -5.08. The van der Waals surface area contributed by atoms with Crippen LogP contribution in [0, 0.1) is 0 Å². The largest absolute Gasteiger partial charge is 1.00 e. The van der Waals surface area contributed by atoms with E-state index >= 15 is 0 Å². The normalized spacial score (nSPS) is 19.4. The van der Waals surface area contributed by atoms with Crippen LogP contribution >= 0.6 is 0 Å². The summed E-state index contributed by atoms with van der Waals surface area (Å²) in [6.45, 7) is -1.86. The first kappa shape index (κ1) is 18.9. The van der Waals surface area contributed by atoms with Gasteiger partial charge < -0.3 is 4.55 Å². The van der Waals surface area contributed by atoms with E-state index in [1.54, 1.807) is 0 Å². The van der Waals surface area contributed by atoms with Gasteiger partial charge in [-0.15, -0.1) is 0 Å². The molecule has 0 fully saturated rings. The van der Waals surface area contributed by atoms with Crippen molar-refractivity contribution < 1.29 is 64.5 Å². The van der Waals surface area contributed by atoms with E-state index in [1.807, 2.05) is 0 Å². The van der Waals surface area contributed by atoms with Crippen LogP contribution in [0.3, 0.4) is 0 Å². The zero-order valence-electron chi connectivity index (χ0n) is 8.25. The Morgan fingerprint density at radius 3 is 1.69 bits per heavy atom. The van der Waals surface area contributed by atoms with Gasteiger partial charge in [-0.3, -0.25) is 0 Å². The van der Waals surface area contributed by atoms with Crippen molar-refractivity contribution >= 4 is 10.1 Å². The van der Waals surface area contributed by atoms with Crippen molar-refractivity contribution in [2.75, 3.05) is 12.4 Å². The Kier molecular flexibility index (Phi) is 9.22. The zero-order chi connectivity index (χ0) is 12.2. The molecule has 16 heavy (non-hydrogen) atoms. The van der Waals surface area contributed by atoms with Gasteiger partial charge in [-0.2, -0.15) is 0 Å². The number of halogens is 5. The van der Waals surface area contributed by atoms with Crippen LogP contribution in [0.5, 0.6) is 0 Å². The predicted molar refractivity (Wildman–Crippen MR) is 40.1 cm³/mol. The van der Waals surface area contributed by atoms with Gasteiger partial charge in [-0.05, 0) is 0 Å². The molecule has 0 saturated heterocycles. The molecule has 10 heteroatoms. The summed E-state index contributed by atoms with van der Waals surface area (Å²) < 4.78 is 91.2. The summed E-state index contributed by atoms with van der Waals surface area (Å²) in [4.78, 5) is 0. The monoisotopic (exact) mass is 278 g/mol. The maximum absolute atomic E-state index is 12.6. The molecule has 0 saturated carbocycles. The fourth-order valence-electron chi connectivity index (χ4n) is 0.771. The Morgan fingerprint density at radius 2 is 1.38 bits per heavy atom. The molecular formula is C6H8F5NaO3S. The van der Waals surface area contributed by atoms with Crippen molar-refractivity contribution in [3.8, 4) is 0 Å². The molecule has 0 N–H and O–H groups in total. The molecule has 0 spiro atoms. The molecule has 0 aliphatic heterocycles. The molecule has 0 heterocycles. The molecule has 92 valence electrons. The van der Waals surface area contributed by atoms with Gasteiger partial charge in [0.1, 0.15) is 12.8 Å². The third-order valence-electron chi connectivity index (χ3n) is 1.51. The Balaban J connectivity index is 0. The van der Waals surface area contributed by atoms with E-state index in [2.05, 4.69) is 0 Å². The first-order valence-electron chi connectivity index (χ1n) is 3.75. The summed E-state index contributed by atoms with van der Waals surface area (Å²) in [5.74, 6) is -1.81. The van der Waals surface area contributed by atoms with Crippen LogP contribution in [0.25, 0.3) is 0 Å². The zero-order valence-corrected chi connectivity index (χ0v) is 11.1. The number of hydrogen-bond donors (Lipinski definition) is 0. The summed E-state index contributed by atoms with van der Waals surface area (Å²) in [5.41, 5.74) is 0. The molecule has 0 aromatic heterocycles. The summed E-state index contributed by atoms with van der Waals surface area (Å²) in [5, 5.41) is 0. The maximum atomic E-state index is 12.6. The molecular weight excluding hydrogens is 270 g/mol. The molecule has 4 unspecified atom stereocenters. The predicted octanol–water partition coefficient (Wildman–Crippen LogP) is -2.14. The SMILES string of the molecule is O=S(=O)([O-])CC(F)C(F)C(F)C(F)CF.[Na+]. The average Bonchev–Trinajstić information content (AvgIpc) is 2.11. The summed E-state index contributed by atoms with van der Waals surface area (Å²) in [6, 6.07) is 0. The smallest absolute Gasteiger partial charge is 0.748 e. The van der Waals surface area contributed by atoms with E-state index in [0.717, 1.165) is 0 Å². The molecule has 0 amide bonds. The van der Waals surface area contributed by atoms with Crippen LogP contribution < -0.4 is 29.6 Å². The van der Waals surface area contributed by atoms with E-state index in [-0.39, 0.29) is 29.6 Å². The molecule has 0 aromatic rings. The second kappa shape index (κ2) is 7.80. The van der Waals surface area contributed by atoms with Crippen molar-refractivity contribution in [3.05, 3.63) is 0 Å². The summed E-state index contributed by atoms with van der Waals surface area (Å²) >= 11 is 0. The third kappa shape index (κ3) is 7.00. The number of alkyl halides is 5. The average molecular weight is 278 g/mol. The molecule has 3 nitrogen and oxygen atoms in total. The molecule has 0 rings (SSSR count). The molecule has 0 aliphatic carbocycles. The molecule has 0 bridgehead atoms.